The second kappa shape index (κ2) is 6.04. The van der Waals surface area contributed by atoms with Gasteiger partial charge in [-0.2, -0.15) is 8.75 Å². The normalized spacial score (nSPS) is 18.1. The molecule has 1 aliphatic heterocycles. The van der Waals surface area contributed by atoms with Gasteiger partial charge in [-0.1, -0.05) is 0 Å². The summed E-state index contributed by atoms with van der Waals surface area (Å²) in [5, 5.41) is 8.90. The Hall–Kier alpha value is -1.05. The summed E-state index contributed by atoms with van der Waals surface area (Å²) in [5.41, 5.74) is 0.436. The molecule has 1 saturated heterocycles. The average molecular weight is 256 g/mol. The molecular formula is C10H16N4O2S. The SMILES string of the molecule is O=C(c1cnsn1)N1CCCN(CCO)CC1. The van der Waals surface area contributed by atoms with Crippen molar-refractivity contribution in [3.63, 3.8) is 0 Å². The predicted octanol–water partition coefficient (Wildman–Crippen LogP) is -0.322. The second-order valence-electron chi connectivity index (χ2n) is 4.00. The number of β-amino-alcohol motifs (C(OH)–C–C–N with tert-alkyl or cyclic N) is 1. The smallest absolute Gasteiger partial charge is 0.275 e. The van der Waals surface area contributed by atoms with Crippen molar-refractivity contribution in [3.8, 4) is 0 Å². The molecular weight excluding hydrogens is 240 g/mol. The van der Waals surface area contributed by atoms with Crippen LogP contribution < -0.4 is 0 Å². The number of aliphatic hydroxyl groups excluding tert-OH is 1. The zero-order chi connectivity index (χ0) is 12.1. The highest BCUT2D eigenvalue weighted by molar-refractivity contribution is 6.99. The minimum absolute atomic E-state index is 0.0374. The lowest BCUT2D eigenvalue weighted by molar-refractivity contribution is 0.0755. The van der Waals surface area contributed by atoms with Crippen LogP contribution >= 0.6 is 11.7 Å². The third-order valence-electron chi connectivity index (χ3n) is 2.87. The molecule has 0 spiro atoms. The number of carbonyl (C=O) groups excluding carboxylic acids is 1. The molecule has 6 nitrogen and oxygen atoms in total. The van der Waals surface area contributed by atoms with Crippen molar-refractivity contribution in [2.45, 2.75) is 6.42 Å². The van der Waals surface area contributed by atoms with Crippen molar-refractivity contribution < 1.29 is 9.90 Å². The Morgan fingerprint density at radius 3 is 3.00 bits per heavy atom. The van der Waals surface area contributed by atoms with E-state index in [-0.39, 0.29) is 12.5 Å². The van der Waals surface area contributed by atoms with E-state index in [9.17, 15) is 4.79 Å². The molecule has 1 aliphatic rings. The van der Waals surface area contributed by atoms with Gasteiger partial charge in [0, 0.05) is 26.2 Å². The largest absolute Gasteiger partial charge is 0.395 e. The molecule has 7 heteroatoms. The number of rotatable bonds is 3. The lowest BCUT2D eigenvalue weighted by atomic mass is 10.3. The van der Waals surface area contributed by atoms with Crippen LogP contribution in [0.5, 0.6) is 0 Å². The average Bonchev–Trinajstić information content (AvgIpc) is 2.76. The molecule has 0 atom stereocenters. The fraction of sp³-hybridized carbons (Fsp3) is 0.700. The van der Waals surface area contributed by atoms with E-state index in [1.165, 1.54) is 6.20 Å². The molecule has 0 saturated carbocycles. The highest BCUT2D eigenvalue weighted by Gasteiger charge is 2.21. The molecule has 1 fully saturated rings. The zero-order valence-corrected chi connectivity index (χ0v) is 10.4. The van der Waals surface area contributed by atoms with Gasteiger partial charge in [0.1, 0.15) is 0 Å². The van der Waals surface area contributed by atoms with Gasteiger partial charge in [-0.3, -0.25) is 9.69 Å². The van der Waals surface area contributed by atoms with Gasteiger partial charge in [-0.15, -0.1) is 0 Å². The van der Waals surface area contributed by atoms with Gasteiger partial charge in [-0.25, -0.2) is 0 Å². The van der Waals surface area contributed by atoms with Crippen molar-refractivity contribution in [1.29, 1.82) is 0 Å². The van der Waals surface area contributed by atoms with Crippen LogP contribution in [0.15, 0.2) is 6.20 Å². The van der Waals surface area contributed by atoms with Crippen molar-refractivity contribution in [2.75, 3.05) is 39.3 Å². The van der Waals surface area contributed by atoms with Crippen molar-refractivity contribution in [3.05, 3.63) is 11.9 Å². The van der Waals surface area contributed by atoms with Crippen LogP contribution in [0.1, 0.15) is 16.9 Å². The van der Waals surface area contributed by atoms with Crippen LogP contribution in [0.25, 0.3) is 0 Å². The summed E-state index contributed by atoms with van der Waals surface area (Å²) in [7, 11) is 0. The second-order valence-corrected chi connectivity index (χ2v) is 4.56. The lowest BCUT2D eigenvalue weighted by Crippen LogP contribution is -2.36. The number of nitrogens with zero attached hydrogens (tertiary/aromatic N) is 4. The Morgan fingerprint density at radius 1 is 1.41 bits per heavy atom. The Kier molecular flexibility index (Phi) is 4.41. The summed E-state index contributed by atoms with van der Waals surface area (Å²) in [4.78, 5) is 16.0. The highest BCUT2D eigenvalue weighted by Crippen LogP contribution is 2.07. The van der Waals surface area contributed by atoms with E-state index < -0.39 is 0 Å². The van der Waals surface area contributed by atoms with Crippen molar-refractivity contribution in [1.82, 2.24) is 18.5 Å². The highest BCUT2D eigenvalue weighted by atomic mass is 32.1. The molecule has 0 aromatic carbocycles. The maximum atomic E-state index is 12.0. The quantitative estimate of drug-likeness (QED) is 0.802. The number of aromatic nitrogens is 2. The summed E-state index contributed by atoms with van der Waals surface area (Å²) in [6.45, 7) is 4.03. The first-order valence-corrected chi connectivity index (χ1v) is 6.44. The summed E-state index contributed by atoms with van der Waals surface area (Å²) in [6, 6.07) is 0. The van der Waals surface area contributed by atoms with Crippen LogP contribution in [0.2, 0.25) is 0 Å². The first-order valence-electron chi connectivity index (χ1n) is 5.71. The maximum Gasteiger partial charge on any atom is 0.275 e. The Balaban J connectivity index is 1.92. The number of hydrogen-bond acceptors (Lipinski definition) is 6. The molecule has 2 rings (SSSR count). The molecule has 1 aromatic rings. The van der Waals surface area contributed by atoms with E-state index in [1.54, 1.807) is 0 Å². The van der Waals surface area contributed by atoms with E-state index in [0.717, 1.165) is 37.8 Å². The summed E-state index contributed by atoms with van der Waals surface area (Å²) < 4.78 is 7.81. The molecule has 1 aromatic heterocycles. The van der Waals surface area contributed by atoms with Gasteiger partial charge in [0.15, 0.2) is 5.69 Å². The Bertz CT molecular complexity index is 357. The Morgan fingerprint density at radius 2 is 2.29 bits per heavy atom. The first kappa shape index (κ1) is 12.4. The first-order chi connectivity index (χ1) is 8.31. The van der Waals surface area contributed by atoms with Gasteiger partial charge < -0.3 is 10.0 Å². The van der Waals surface area contributed by atoms with E-state index in [2.05, 4.69) is 13.6 Å². The van der Waals surface area contributed by atoms with Gasteiger partial charge in [-0.05, 0) is 13.0 Å². The molecule has 0 bridgehead atoms. The molecule has 0 aliphatic carbocycles. The molecule has 1 N–H and O–H groups in total. The number of aliphatic hydroxyl groups is 1. The van der Waals surface area contributed by atoms with Crippen molar-refractivity contribution in [2.24, 2.45) is 0 Å². The molecule has 94 valence electrons. The molecule has 1 amide bonds. The lowest BCUT2D eigenvalue weighted by Gasteiger charge is -2.20. The number of amides is 1. The minimum atomic E-state index is -0.0374. The maximum absolute atomic E-state index is 12.0. The Labute approximate surface area is 104 Å². The number of carbonyl (C=O) groups is 1. The van der Waals surface area contributed by atoms with Crippen LogP contribution in [0.4, 0.5) is 0 Å². The topological polar surface area (TPSA) is 69.6 Å². The van der Waals surface area contributed by atoms with E-state index >= 15 is 0 Å². The van der Waals surface area contributed by atoms with E-state index in [1.807, 2.05) is 4.90 Å². The van der Waals surface area contributed by atoms with Crippen LogP contribution in [-0.4, -0.2) is 68.9 Å². The molecule has 17 heavy (non-hydrogen) atoms. The van der Waals surface area contributed by atoms with Crippen LogP contribution in [0, 0.1) is 0 Å². The summed E-state index contributed by atoms with van der Waals surface area (Å²) in [5.74, 6) is -0.0374. The molecule has 0 radical (unpaired) electrons. The molecule has 0 unspecified atom stereocenters. The fourth-order valence-corrected chi connectivity index (χ4v) is 2.37. The summed E-state index contributed by atoms with van der Waals surface area (Å²) >= 11 is 1.05. The zero-order valence-electron chi connectivity index (χ0n) is 9.58. The fourth-order valence-electron chi connectivity index (χ4n) is 1.96. The van der Waals surface area contributed by atoms with Crippen LogP contribution in [-0.2, 0) is 0 Å². The van der Waals surface area contributed by atoms with Gasteiger partial charge >= 0.3 is 0 Å². The van der Waals surface area contributed by atoms with E-state index in [4.69, 9.17) is 5.11 Å². The van der Waals surface area contributed by atoms with Gasteiger partial charge in [0.2, 0.25) is 0 Å². The van der Waals surface area contributed by atoms with Crippen molar-refractivity contribution >= 4 is 17.6 Å². The molecule has 2 heterocycles. The standard InChI is InChI=1S/C10H16N4O2S/c15-7-6-13-2-1-3-14(5-4-13)10(16)9-8-11-17-12-9/h8,15H,1-7H2. The third kappa shape index (κ3) is 3.21. The predicted molar refractivity (Wildman–Crippen MR) is 64.0 cm³/mol. The van der Waals surface area contributed by atoms with Gasteiger partial charge in [0.05, 0.1) is 24.5 Å². The van der Waals surface area contributed by atoms with Crippen LogP contribution in [0.3, 0.4) is 0 Å². The monoisotopic (exact) mass is 256 g/mol. The third-order valence-corrected chi connectivity index (χ3v) is 3.35. The minimum Gasteiger partial charge on any atom is -0.395 e. The number of hydrogen-bond donors (Lipinski definition) is 1. The summed E-state index contributed by atoms with van der Waals surface area (Å²) in [6.07, 6.45) is 2.45. The van der Waals surface area contributed by atoms with E-state index in [0.29, 0.717) is 18.8 Å². The van der Waals surface area contributed by atoms with Gasteiger partial charge in [0.25, 0.3) is 5.91 Å².